The fourth-order valence-corrected chi connectivity index (χ4v) is 3.79. The Labute approximate surface area is 141 Å². The zero-order chi connectivity index (χ0) is 16.1. The van der Waals surface area contributed by atoms with E-state index in [4.69, 9.17) is 4.74 Å². The van der Waals surface area contributed by atoms with Gasteiger partial charge in [-0.2, -0.15) is 11.3 Å². The number of hydrogen-bond donors (Lipinski definition) is 0. The van der Waals surface area contributed by atoms with Gasteiger partial charge in [0.1, 0.15) is 5.75 Å². The minimum atomic E-state index is 0.194. The molecule has 0 atom stereocenters. The van der Waals surface area contributed by atoms with Crippen molar-refractivity contribution in [2.45, 2.75) is 25.7 Å². The molecule has 1 saturated heterocycles. The Morgan fingerprint density at radius 2 is 1.96 bits per heavy atom. The lowest BCUT2D eigenvalue weighted by atomic mass is 9.90. The Kier molecular flexibility index (Phi) is 5.34. The normalized spacial score (nSPS) is 15.6. The first kappa shape index (κ1) is 16.1. The minimum Gasteiger partial charge on any atom is -0.497 e. The van der Waals surface area contributed by atoms with Crippen LogP contribution in [0.15, 0.2) is 41.1 Å². The first-order chi connectivity index (χ1) is 11.3. The molecule has 1 aliphatic rings. The molecule has 1 amide bonds. The van der Waals surface area contributed by atoms with E-state index >= 15 is 0 Å². The number of carbonyl (C=O) groups is 1. The van der Waals surface area contributed by atoms with Gasteiger partial charge in [0.15, 0.2) is 0 Å². The highest BCUT2D eigenvalue weighted by molar-refractivity contribution is 7.08. The molecule has 0 radical (unpaired) electrons. The van der Waals surface area contributed by atoms with Crippen LogP contribution in [0.5, 0.6) is 5.75 Å². The molecular weight excluding hydrogens is 306 g/mol. The number of hydrogen-bond acceptors (Lipinski definition) is 3. The van der Waals surface area contributed by atoms with Crippen LogP contribution in [0.4, 0.5) is 0 Å². The maximum atomic E-state index is 12.3. The van der Waals surface area contributed by atoms with Crippen LogP contribution in [-0.4, -0.2) is 31.0 Å². The molecule has 1 aromatic carbocycles. The Hall–Kier alpha value is -1.81. The second-order valence-electron chi connectivity index (χ2n) is 6.13. The molecule has 0 spiro atoms. The van der Waals surface area contributed by atoms with Crippen molar-refractivity contribution in [3.8, 4) is 5.75 Å². The highest BCUT2D eigenvalue weighted by Gasteiger charge is 2.23. The Balaban J connectivity index is 1.44. The number of ether oxygens (including phenoxy) is 1. The number of carbonyl (C=O) groups excluding carboxylic acids is 1. The third kappa shape index (κ3) is 4.14. The Morgan fingerprint density at radius 3 is 2.57 bits per heavy atom. The van der Waals surface area contributed by atoms with Gasteiger partial charge in [-0.3, -0.25) is 4.79 Å². The van der Waals surface area contributed by atoms with Crippen molar-refractivity contribution >= 4 is 17.2 Å². The molecule has 0 N–H and O–H groups in total. The fraction of sp³-hybridized carbons (Fsp3) is 0.421. The van der Waals surface area contributed by atoms with Crippen LogP contribution in [0.2, 0.25) is 0 Å². The van der Waals surface area contributed by atoms with Crippen LogP contribution in [0.1, 0.15) is 35.2 Å². The van der Waals surface area contributed by atoms with Crippen LogP contribution in [0.3, 0.4) is 0 Å². The van der Waals surface area contributed by atoms with Gasteiger partial charge in [0, 0.05) is 18.5 Å². The zero-order valence-electron chi connectivity index (χ0n) is 13.5. The highest BCUT2D eigenvalue weighted by atomic mass is 32.1. The number of rotatable bonds is 5. The number of methoxy groups -OCH3 is 1. The van der Waals surface area contributed by atoms with E-state index in [2.05, 4.69) is 12.1 Å². The van der Waals surface area contributed by atoms with Crippen molar-refractivity contribution in [3.05, 3.63) is 52.2 Å². The molecule has 1 aromatic heterocycles. The molecule has 0 unspecified atom stereocenters. The Bertz CT molecular complexity index is 613. The predicted molar refractivity (Wildman–Crippen MR) is 94.3 cm³/mol. The van der Waals surface area contributed by atoms with Gasteiger partial charge < -0.3 is 9.64 Å². The monoisotopic (exact) mass is 329 g/mol. The number of amides is 1. The van der Waals surface area contributed by atoms with Crippen molar-refractivity contribution in [3.63, 3.8) is 0 Å². The molecule has 3 nitrogen and oxygen atoms in total. The third-order valence-corrected chi connectivity index (χ3v) is 5.35. The maximum Gasteiger partial charge on any atom is 0.254 e. The number of thiophene rings is 1. The quantitative estimate of drug-likeness (QED) is 0.821. The van der Waals surface area contributed by atoms with E-state index in [0.29, 0.717) is 0 Å². The molecule has 122 valence electrons. The van der Waals surface area contributed by atoms with Gasteiger partial charge in [-0.25, -0.2) is 0 Å². The number of piperidine rings is 1. The van der Waals surface area contributed by atoms with E-state index in [0.717, 1.165) is 49.6 Å². The average Bonchev–Trinajstić information content (AvgIpc) is 3.15. The molecule has 1 fully saturated rings. The average molecular weight is 329 g/mol. The molecule has 2 heterocycles. The van der Waals surface area contributed by atoms with Crippen molar-refractivity contribution < 1.29 is 9.53 Å². The summed E-state index contributed by atoms with van der Waals surface area (Å²) in [5, 5.41) is 3.91. The summed E-state index contributed by atoms with van der Waals surface area (Å²) in [5.41, 5.74) is 2.20. The van der Waals surface area contributed by atoms with Gasteiger partial charge in [0.25, 0.3) is 5.91 Å². The first-order valence-corrected chi connectivity index (χ1v) is 9.15. The smallest absolute Gasteiger partial charge is 0.254 e. The molecule has 23 heavy (non-hydrogen) atoms. The summed E-state index contributed by atoms with van der Waals surface area (Å²) in [5.74, 6) is 1.83. The van der Waals surface area contributed by atoms with Crippen molar-refractivity contribution in [2.75, 3.05) is 20.2 Å². The number of nitrogens with zero attached hydrogens (tertiary/aromatic N) is 1. The lowest BCUT2D eigenvalue weighted by Crippen LogP contribution is -2.38. The second kappa shape index (κ2) is 7.64. The van der Waals surface area contributed by atoms with E-state index in [1.807, 2.05) is 33.9 Å². The summed E-state index contributed by atoms with van der Waals surface area (Å²) in [6, 6.07) is 10.3. The first-order valence-electron chi connectivity index (χ1n) is 8.20. The third-order valence-electron chi connectivity index (χ3n) is 4.67. The van der Waals surface area contributed by atoms with Gasteiger partial charge in [-0.05, 0) is 60.7 Å². The van der Waals surface area contributed by atoms with Crippen molar-refractivity contribution in [1.82, 2.24) is 4.90 Å². The van der Waals surface area contributed by atoms with Gasteiger partial charge in [-0.15, -0.1) is 0 Å². The van der Waals surface area contributed by atoms with E-state index < -0.39 is 0 Å². The Morgan fingerprint density at radius 1 is 1.22 bits per heavy atom. The topological polar surface area (TPSA) is 29.5 Å². The molecule has 0 bridgehead atoms. The standard InChI is InChI=1S/C19H23NO2S/c1-22-18-6-4-15(5-7-18)2-3-16-8-11-20(12-9-16)19(21)17-10-13-23-14-17/h4-7,10,13-14,16H,2-3,8-9,11-12H2,1H3. The maximum absolute atomic E-state index is 12.3. The van der Waals surface area contributed by atoms with Crippen LogP contribution in [-0.2, 0) is 6.42 Å². The van der Waals surface area contributed by atoms with Gasteiger partial charge in [-0.1, -0.05) is 12.1 Å². The largest absolute Gasteiger partial charge is 0.497 e. The van der Waals surface area contributed by atoms with Crippen LogP contribution in [0.25, 0.3) is 0 Å². The number of aryl methyl sites for hydroxylation is 1. The van der Waals surface area contributed by atoms with Crippen LogP contribution < -0.4 is 4.74 Å². The zero-order valence-corrected chi connectivity index (χ0v) is 14.3. The summed E-state index contributed by atoms with van der Waals surface area (Å²) < 4.78 is 5.19. The molecular formula is C19H23NO2S. The second-order valence-corrected chi connectivity index (χ2v) is 6.91. The summed E-state index contributed by atoms with van der Waals surface area (Å²) in [7, 11) is 1.69. The SMILES string of the molecule is COc1ccc(CCC2CCN(C(=O)c3ccsc3)CC2)cc1. The lowest BCUT2D eigenvalue weighted by Gasteiger charge is -2.32. The summed E-state index contributed by atoms with van der Waals surface area (Å²) >= 11 is 1.58. The summed E-state index contributed by atoms with van der Waals surface area (Å²) in [6.07, 6.45) is 4.54. The van der Waals surface area contributed by atoms with E-state index in [1.54, 1.807) is 18.4 Å². The van der Waals surface area contributed by atoms with Crippen molar-refractivity contribution in [1.29, 1.82) is 0 Å². The molecule has 3 rings (SSSR count). The predicted octanol–water partition coefficient (Wildman–Crippen LogP) is 4.24. The molecule has 0 saturated carbocycles. The molecule has 2 aromatic rings. The van der Waals surface area contributed by atoms with E-state index in [1.165, 1.54) is 12.0 Å². The fourth-order valence-electron chi connectivity index (χ4n) is 3.16. The number of benzene rings is 1. The summed E-state index contributed by atoms with van der Waals surface area (Å²) in [6.45, 7) is 1.78. The van der Waals surface area contributed by atoms with Crippen LogP contribution >= 0.6 is 11.3 Å². The van der Waals surface area contributed by atoms with E-state index in [9.17, 15) is 4.79 Å². The highest BCUT2D eigenvalue weighted by Crippen LogP contribution is 2.24. The minimum absolute atomic E-state index is 0.194. The van der Waals surface area contributed by atoms with Gasteiger partial charge in [0.2, 0.25) is 0 Å². The van der Waals surface area contributed by atoms with Gasteiger partial charge >= 0.3 is 0 Å². The van der Waals surface area contributed by atoms with Crippen molar-refractivity contribution in [2.24, 2.45) is 5.92 Å². The van der Waals surface area contributed by atoms with Crippen LogP contribution in [0, 0.1) is 5.92 Å². The summed E-state index contributed by atoms with van der Waals surface area (Å²) in [4.78, 5) is 14.3. The molecule has 0 aliphatic carbocycles. The molecule has 1 aliphatic heterocycles. The lowest BCUT2D eigenvalue weighted by molar-refractivity contribution is 0.0687. The van der Waals surface area contributed by atoms with E-state index in [-0.39, 0.29) is 5.91 Å². The van der Waals surface area contributed by atoms with Gasteiger partial charge in [0.05, 0.1) is 12.7 Å². The number of likely N-dealkylation sites (tertiary alicyclic amines) is 1. The molecule has 4 heteroatoms.